The van der Waals surface area contributed by atoms with Gasteiger partial charge in [0, 0.05) is 19.1 Å². The molecule has 3 heteroatoms. The molecule has 0 aromatic heterocycles. The van der Waals surface area contributed by atoms with Gasteiger partial charge in [0.25, 0.3) is 0 Å². The Morgan fingerprint density at radius 3 is 3.10 bits per heavy atom. The van der Waals surface area contributed by atoms with Crippen molar-refractivity contribution in [3.8, 4) is 0 Å². The monoisotopic (exact) mass is 145 g/mol. The summed E-state index contributed by atoms with van der Waals surface area (Å²) >= 11 is 0. The number of nitrogens with zero attached hydrogens (tertiary/aromatic N) is 1. The highest BCUT2D eigenvalue weighted by molar-refractivity contribution is 4.69. The first-order valence-electron chi connectivity index (χ1n) is 3.77. The van der Waals surface area contributed by atoms with Crippen LogP contribution in [0.1, 0.15) is 6.92 Å². The third kappa shape index (κ3) is 1.94. The van der Waals surface area contributed by atoms with Gasteiger partial charge in [-0.3, -0.25) is 4.90 Å². The van der Waals surface area contributed by atoms with Crippen LogP contribution in [-0.4, -0.2) is 49.0 Å². The zero-order valence-corrected chi connectivity index (χ0v) is 6.42. The topological polar surface area (TPSA) is 32.7 Å². The molecule has 60 valence electrons. The third-order valence-corrected chi connectivity index (χ3v) is 1.89. The van der Waals surface area contributed by atoms with Gasteiger partial charge in [0.2, 0.25) is 0 Å². The summed E-state index contributed by atoms with van der Waals surface area (Å²) in [5.74, 6) is 0. The number of rotatable bonds is 2. The fourth-order valence-electron chi connectivity index (χ4n) is 1.22. The molecule has 0 aliphatic carbocycles. The summed E-state index contributed by atoms with van der Waals surface area (Å²) in [5, 5.41) is 8.65. The third-order valence-electron chi connectivity index (χ3n) is 1.89. The first kappa shape index (κ1) is 7.98. The molecule has 10 heavy (non-hydrogen) atoms. The van der Waals surface area contributed by atoms with Crippen LogP contribution in [0.4, 0.5) is 0 Å². The molecular formula is C7H15NO2. The SMILES string of the molecule is C[C@@H]1COCCN1CCO. The van der Waals surface area contributed by atoms with E-state index in [0.717, 1.165) is 26.3 Å². The smallest absolute Gasteiger partial charge is 0.0619 e. The zero-order chi connectivity index (χ0) is 7.40. The lowest BCUT2D eigenvalue weighted by Gasteiger charge is -2.32. The number of hydrogen-bond donors (Lipinski definition) is 1. The Morgan fingerprint density at radius 1 is 1.70 bits per heavy atom. The second-order valence-electron chi connectivity index (χ2n) is 2.68. The van der Waals surface area contributed by atoms with E-state index in [0.29, 0.717) is 6.04 Å². The van der Waals surface area contributed by atoms with E-state index in [1.54, 1.807) is 0 Å². The highest BCUT2D eigenvalue weighted by Crippen LogP contribution is 2.03. The highest BCUT2D eigenvalue weighted by Gasteiger charge is 2.16. The standard InChI is InChI=1S/C7H15NO2/c1-7-6-10-5-3-8(7)2-4-9/h7,9H,2-6H2,1H3/t7-/m1/s1. The van der Waals surface area contributed by atoms with E-state index in [4.69, 9.17) is 9.84 Å². The van der Waals surface area contributed by atoms with Crippen molar-refractivity contribution in [1.29, 1.82) is 0 Å². The quantitative estimate of drug-likeness (QED) is 0.579. The van der Waals surface area contributed by atoms with Crippen LogP contribution in [-0.2, 0) is 4.74 Å². The van der Waals surface area contributed by atoms with Gasteiger partial charge >= 0.3 is 0 Å². The minimum atomic E-state index is 0.254. The van der Waals surface area contributed by atoms with Crippen molar-refractivity contribution in [2.75, 3.05) is 32.9 Å². The van der Waals surface area contributed by atoms with Gasteiger partial charge < -0.3 is 9.84 Å². The zero-order valence-electron chi connectivity index (χ0n) is 6.42. The largest absolute Gasteiger partial charge is 0.395 e. The number of aliphatic hydroxyl groups excluding tert-OH is 1. The van der Waals surface area contributed by atoms with Crippen LogP contribution >= 0.6 is 0 Å². The van der Waals surface area contributed by atoms with Gasteiger partial charge in [0.15, 0.2) is 0 Å². The van der Waals surface area contributed by atoms with Gasteiger partial charge in [-0.2, -0.15) is 0 Å². The van der Waals surface area contributed by atoms with Gasteiger partial charge in [-0.15, -0.1) is 0 Å². The Morgan fingerprint density at radius 2 is 2.50 bits per heavy atom. The van der Waals surface area contributed by atoms with E-state index < -0.39 is 0 Å². The predicted octanol–water partition coefficient (Wildman–Crippen LogP) is -0.301. The molecule has 0 unspecified atom stereocenters. The Kier molecular flexibility index (Phi) is 3.12. The molecule has 1 fully saturated rings. The first-order valence-corrected chi connectivity index (χ1v) is 3.77. The Balaban J connectivity index is 2.25. The molecule has 0 aromatic carbocycles. The van der Waals surface area contributed by atoms with Crippen molar-refractivity contribution in [2.24, 2.45) is 0 Å². The van der Waals surface area contributed by atoms with Crippen LogP contribution in [0.15, 0.2) is 0 Å². The van der Waals surface area contributed by atoms with E-state index in [1.165, 1.54) is 0 Å². The lowest BCUT2D eigenvalue weighted by molar-refractivity contribution is -0.00656. The van der Waals surface area contributed by atoms with Crippen molar-refractivity contribution < 1.29 is 9.84 Å². The number of β-amino-alcohol motifs (C(OH)–C–C–N with tert-alkyl or cyclic N) is 1. The van der Waals surface area contributed by atoms with Crippen LogP contribution in [0.25, 0.3) is 0 Å². The Labute approximate surface area is 61.6 Å². The average molecular weight is 145 g/mol. The molecule has 0 radical (unpaired) electrons. The van der Waals surface area contributed by atoms with Crippen LogP contribution < -0.4 is 0 Å². The lowest BCUT2D eigenvalue weighted by Crippen LogP contribution is -2.44. The van der Waals surface area contributed by atoms with Crippen molar-refractivity contribution in [3.05, 3.63) is 0 Å². The van der Waals surface area contributed by atoms with Crippen molar-refractivity contribution in [2.45, 2.75) is 13.0 Å². The Hall–Kier alpha value is -0.120. The summed E-state index contributed by atoms with van der Waals surface area (Å²) in [5.41, 5.74) is 0. The summed E-state index contributed by atoms with van der Waals surface area (Å²) in [6.45, 7) is 5.73. The summed E-state index contributed by atoms with van der Waals surface area (Å²) in [4.78, 5) is 2.24. The molecule has 0 saturated carbocycles. The summed E-state index contributed by atoms with van der Waals surface area (Å²) < 4.78 is 5.23. The van der Waals surface area contributed by atoms with Gasteiger partial charge in [0.1, 0.15) is 0 Å². The first-order chi connectivity index (χ1) is 4.84. The second-order valence-corrected chi connectivity index (χ2v) is 2.68. The number of aliphatic hydroxyl groups is 1. The van der Waals surface area contributed by atoms with Gasteiger partial charge in [-0.25, -0.2) is 0 Å². The van der Waals surface area contributed by atoms with E-state index in [1.807, 2.05) is 0 Å². The number of morpholine rings is 1. The molecule has 3 nitrogen and oxygen atoms in total. The van der Waals surface area contributed by atoms with Gasteiger partial charge in [-0.05, 0) is 6.92 Å². The minimum Gasteiger partial charge on any atom is -0.395 e. The van der Waals surface area contributed by atoms with Crippen LogP contribution in [0, 0.1) is 0 Å². The lowest BCUT2D eigenvalue weighted by atomic mass is 10.2. The molecule has 1 aliphatic heterocycles. The van der Waals surface area contributed by atoms with E-state index >= 15 is 0 Å². The average Bonchev–Trinajstić information content (AvgIpc) is 1.94. The molecule has 0 aromatic rings. The molecule has 1 rings (SSSR count). The van der Waals surface area contributed by atoms with Gasteiger partial charge in [0.05, 0.1) is 19.8 Å². The maximum Gasteiger partial charge on any atom is 0.0619 e. The highest BCUT2D eigenvalue weighted by atomic mass is 16.5. The van der Waals surface area contributed by atoms with E-state index in [2.05, 4.69) is 11.8 Å². The maximum atomic E-state index is 8.65. The number of hydrogen-bond acceptors (Lipinski definition) is 3. The molecule has 0 amide bonds. The van der Waals surface area contributed by atoms with Crippen molar-refractivity contribution in [1.82, 2.24) is 4.90 Å². The second kappa shape index (κ2) is 3.91. The van der Waals surface area contributed by atoms with Crippen molar-refractivity contribution in [3.63, 3.8) is 0 Å². The molecule has 1 saturated heterocycles. The van der Waals surface area contributed by atoms with Crippen LogP contribution in [0.5, 0.6) is 0 Å². The molecule has 1 N–H and O–H groups in total. The van der Waals surface area contributed by atoms with Gasteiger partial charge in [-0.1, -0.05) is 0 Å². The van der Waals surface area contributed by atoms with E-state index in [9.17, 15) is 0 Å². The molecule has 1 atom stereocenters. The summed E-state index contributed by atoms with van der Waals surface area (Å²) in [6.07, 6.45) is 0. The summed E-state index contributed by atoms with van der Waals surface area (Å²) in [6, 6.07) is 0.473. The molecule has 1 aliphatic rings. The maximum absolute atomic E-state index is 8.65. The minimum absolute atomic E-state index is 0.254. The predicted molar refractivity (Wildman–Crippen MR) is 38.9 cm³/mol. The molecule has 1 heterocycles. The fraction of sp³-hybridized carbons (Fsp3) is 1.00. The van der Waals surface area contributed by atoms with E-state index in [-0.39, 0.29) is 6.61 Å². The van der Waals surface area contributed by atoms with Crippen LogP contribution in [0.3, 0.4) is 0 Å². The fourth-order valence-corrected chi connectivity index (χ4v) is 1.22. The van der Waals surface area contributed by atoms with Crippen LogP contribution in [0.2, 0.25) is 0 Å². The normalized spacial score (nSPS) is 28.8. The van der Waals surface area contributed by atoms with Crippen molar-refractivity contribution >= 4 is 0 Å². The summed E-state index contributed by atoms with van der Waals surface area (Å²) in [7, 11) is 0. The molecule has 0 bridgehead atoms. The molecule has 0 spiro atoms. The number of ether oxygens (including phenoxy) is 1. The Bertz CT molecular complexity index is 95.6. The molecular weight excluding hydrogens is 130 g/mol.